The van der Waals surface area contributed by atoms with Gasteiger partial charge in [-0.25, -0.2) is 0 Å². The first-order chi connectivity index (χ1) is 8.15. The average Bonchev–Trinajstić information content (AvgIpc) is 2.40. The Morgan fingerprint density at radius 2 is 2.06 bits per heavy atom. The minimum absolute atomic E-state index is 0.0389. The molecule has 0 radical (unpaired) electrons. The third-order valence-corrected chi connectivity index (χ3v) is 2.87. The SMILES string of the molecule is CNC(=O)C1(C)COc2ccccc2C1.CS. The van der Waals surface area contributed by atoms with Gasteiger partial charge in [0.2, 0.25) is 5.91 Å². The molecule has 3 nitrogen and oxygen atoms in total. The number of para-hydroxylation sites is 1. The summed E-state index contributed by atoms with van der Waals surface area (Å²) in [6.07, 6.45) is 2.43. The molecule has 0 bridgehead atoms. The molecule has 1 aromatic rings. The largest absolute Gasteiger partial charge is 0.492 e. The molecule has 17 heavy (non-hydrogen) atoms. The van der Waals surface area contributed by atoms with Gasteiger partial charge in [-0.05, 0) is 31.2 Å². The van der Waals surface area contributed by atoms with E-state index >= 15 is 0 Å². The van der Waals surface area contributed by atoms with E-state index < -0.39 is 5.41 Å². The molecular weight excluding hydrogens is 234 g/mol. The Morgan fingerprint density at radius 3 is 2.71 bits per heavy atom. The van der Waals surface area contributed by atoms with Crippen LogP contribution in [0, 0.1) is 5.41 Å². The number of rotatable bonds is 1. The topological polar surface area (TPSA) is 38.3 Å². The number of amides is 1. The fourth-order valence-electron chi connectivity index (χ4n) is 1.95. The number of hydrogen-bond donors (Lipinski definition) is 2. The normalized spacial score (nSPS) is 21.4. The lowest BCUT2D eigenvalue weighted by Gasteiger charge is -2.32. The van der Waals surface area contributed by atoms with Crippen LogP contribution in [-0.4, -0.2) is 25.8 Å². The molecule has 1 atom stereocenters. The summed E-state index contributed by atoms with van der Waals surface area (Å²) in [7, 11) is 1.66. The molecule has 1 aromatic carbocycles. The molecule has 4 heteroatoms. The molecule has 1 heterocycles. The number of nitrogens with one attached hydrogen (secondary N) is 1. The third kappa shape index (κ3) is 2.94. The van der Waals surface area contributed by atoms with Gasteiger partial charge in [-0.1, -0.05) is 18.2 Å². The Balaban J connectivity index is 0.000000686. The highest BCUT2D eigenvalue weighted by molar-refractivity contribution is 7.79. The average molecular weight is 253 g/mol. The summed E-state index contributed by atoms with van der Waals surface area (Å²) in [5, 5.41) is 2.69. The highest BCUT2D eigenvalue weighted by Crippen LogP contribution is 2.34. The molecule has 1 aliphatic rings. The van der Waals surface area contributed by atoms with Crippen molar-refractivity contribution in [1.82, 2.24) is 5.32 Å². The molecule has 0 fully saturated rings. The fourth-order valence-corrected chi connectivity index (χ4v) is 1.95. The van der Waals surface area contributed by atoms with Gasteiger partial charge >= 0.3 is 0 Å². The lowest BCUT2D eigenvalue weighted by Crippen LogP contribution is -2.44. The van der Waals surface area contributed by atoms with Crippen molar-refractivity contribution in [3.63, 3.8) is 0 Å². The van der Waals surface area contributed by atoms with E-state index in [4.69, 9.17) is 4.74 Å². The Hall–Kier alpha value is -1.16. The molecule has 1 amide bonds. The van der Waals surface area contributed by atoms with Gasteiger partial charge in [0.1, 0.15) is 12.4 Å². The maximum atomic E-state index is 11.7. The molecule has 0 spiro atoms. The molecule has 0 saturated heterocycles. The Morgan fingerprint density at radius 1 is 1.41 bits per heavy atom. The monoisotopic (exact) mass is 253 g/mol. The van der Waals surface area contributed by atoms with E-state index in [9.17, 15) is 4.79 Å². The Labute approximate surface area is 108 Å². The van der Waals surface area contributed by atoms with Crippen molar-refractivity contribution in [3.8, 4) is 5.75 Å². The van der Waals surface area contributed by atoms with Gasteiger partial charge in [-0.2, -0.15) is 12.6 Å². The molecule has 0 aromatic heterocycles. The standard InChI is InChI=1S/C12H15NO2.CH4S/c1-12(11(14)13-2)7-9-5-3-4-6-10(9)15-8-12;1-2/h3-6H,7-8H2,1-2H3,(H,13,14);2H,1H3. The number of benzene rings is 1. The fraction of sp³-hybridized carbons (Fsp3) is 0.462. The van der Waals surface area contributed by atoms with Gasteiger partial charge in [0.15, 0.2) is 0 Å². The minimum atomic E-state index is -0.441. The van der Waals surface area contributed by atoms with Crippen LogP contribution in [0.2, 0.25) is 0 Å². The van der Waals surface area contributed by atoms with Gasteiger partial charge in [-0.3, -0.25) is 4.79 Å². The van der Waals surface area contributed by atoms with Gasteiger partial charge in [-0.15, -0.1) is 0 Å². The van der Waals surface area contributed by atoms with Crippen LogP contribution in [0.25, 0.3) is 0 Å². The van der Waals surface area contributed by atoms with Crippen molar-refractivity contribution in [2.45, 2.75) is 13.3 Å². The van der Waals surface area contributed by atoms with E-state index in [0.29, 0.717) is 6.61 Å². The van der Waals surface area contributed by atoms with Crippen molar-refractivity contribution < 1.29 is 9.53 Å². The molecule has 1 unspecified atom stereocenters. The first-order valence-corrected chi connectivity index (χ1v) is 6.43. The molecule has 0 aliphatic carbocycles. The smallest absolute Gasteiger partial charge is 0.229 e. The summed E-state index contributed by atoms with van der Waals surface area (Å²) in [6, 6.07) is 7.87. The number of carbonyl (C=O) groups is 1. The van der Waals surface area contributed by atoms with Gasteiger partial charge < -0.3 is 10.1 Å². The highest BCUT2D eigenvalue weighted by atomic mass is 32.1. The molecular formula is C13H19NO2S. The molecule has 0 saturated carbocycles. The quantitative estimate of drug-likeness (QED) is 0.751. The summed E-state index contributed by atoms with van der Waals surface area (Å²) in [5.74, 6) is 0.941. The molecule has 94 valence electrons. The predicted molar refractivity (Wildman–Crippen MR) is 72.7 cm³/mol. The maximum Gasteiger partial charge on any atom is 0.229 e. The summed E-state index contributed by atoms with van der Waals surface area (Å²) >= 11 is 3.53. The molecule has 1 aliphatic heterocycles. The summed E-state index contributed by atoms with van der Waals surface area (Å²) < 4.78 is 5.60. The highest BCUT2D eigenvalue weighted by Gasteiger charge is 2.37. The van der Waals surface area contributed by atoms with E-state index in [1.54, 1.807) is 13.3 Å². The van der Waals surface area contributed by atoms with Crippen molar-refractivity contribution >= 4 is 18.5 Å². The second-order valence-electron chi connectivity index (χ2n) is 4.21. The summed E-state index contributed by atoms with van der Waals surface area (Å²) in [4.78, 5) is 11.7. The zero-order valence-corrected chi connectivity index (χ0v) is 11.4. The van der Waals surface area contributed by atoms with E-state index in [0.717, 1.165) is 17.7 Å². The van der Waals surface area contributed by atoms with Gasteiger partial charge in [0.25, 0.3) is 0 Å². The summed E-state index contributed by atoms with van der Waals surface area (Å²) in [5.41, 5.74) is 0.665. The van der Waals surface area contributed by atoms with Gasteiger partial charge in [0.05, 0.1) is 5.41 Å². The van der Waals surface area contributed by atoms with E-state index in [-0.39, 0.29) is 5.91 Å². The van der Waals surface area contributed by atoms with Crippen LogP contribution in [0.1, 0.15) is 12.5 Å². The van der Waals surface area contributed by atoms with Crippen LogP contribution >= 0.6 is 12.6 Å². The Kier molecular flexibility index (Phi) is 4.87. The first-order valence-electron chi connectivity index (χ1n) is 5.53. The Bertz CT molecular complexity index is 395. The van der Waals surface area contributed by atoms with Crippen LogP contribution < -0.4 is 10.1 Å². The van der Waals surface area contributed by atoms with Crippen LogP contribution in [-0.2, 0) is 11.2 Å². The molecule has 1 N–H and O–H groups in total. The lowest BCUT2D eigenvalue weighted by molar-refractivity contribution is -0.131. The van der Waals surface area contributed by atoms with Crippen molar-refractivity contribution in [1.29, 1.82) is 0 Å². The second-order valence-corrected chi connectivity index (χ2v) is 4.21. The number of thiol groups is 1. The van der Waals surface area contributed by atoms with Crippen LogP contribution in [0.4, 0.5) is 0 Å². The van der Waals surface area contributed by atoms with Crippen LogP contribution in [0.5, 0.6) is 5.75 Å². The van der Waals surface area contributed by atoms with E-state index in [2.05, 4.69) is 17.9 Å². The zero-order valence-electron chi connectivity index (χ0n) is 10.5. The minimum Gasteiger partial charge on any atom is -0.492 e. The summed E-state index contributed by atoms with van der Waals surface area (Å²) in [6.45, 7) is 2.38. The number of ether oxygens (including phenoxy) is 1. The number of hydrogen-bond acceptors (Lipinski definition) is 3. The molecule has 2 rings (SSSR count). The first kappa shape index (κ1) is 13.9. The van der Waals surface area contributed by atoms with Crippen molar-refractivity contribution in [2.24, 2.45) is 5.41 Å². The van der Waals surface area contributed by atoms with E-state index in [1.165, 1.54) is 0 Å². The van der Waals surface area contributed by atoms with Crippen molar-refractivity contribution in [3.05, 3.63) is 29.8 Å². The third-order valence-electron chi connectivity index (χ3n) is 2.87. The maximum absolute atomic E-state index is 11.7. The van der Waals surface area contributed by atoms with Crippen LogP contribution in [0.15, 0.2) is 24.3 Å². The van der Waals surface area contributed by atoms with Gasteiger partial charge in [0, 0.05) is 7.05 Å². The van der Waals surface area contributed by atoms with Crippen molar-refractivity contribution in [2.75, 3.05) is 19.9 Å². The zero-order chi connectivity index (χ0) is 12.9. The number of fused-ring (bicyclic) bond motifs is 1. The second kappa shape index (κ2) is 5.96. The number of carbonyl (C=O) groups excluding carboxylic acids is 1. The predicted octanol–water partition coefficient (Wildman–Crippen LogP) is 1.92. The van der Waals surface area contributed by atoms with Crippen LogP contribution in [0.3, 0.4) is 0 Å². The lowest BCUT2D eigenvalue weighted by atomic mass is 9.81. The van der Waals surface area contributed by atoms with E-state index in [1.807, 2.05) is 31.2 Å².